The minimum atomic E-state index is -0.811. The van der Waals surface area contributed by atoms with E-state index in [-0.39, 0.29) is 5.25 Å². The van der Waals surface area contributed by atoms with Crippen LogP contribution in [0, 0.1) is 6.92 Å². The summed E-state index contributed by atoms with van der Waals surface area (Å²) >= 11 is 0. The number of aryl methyl sites for hydroxylation is 2. The molecule has 2 N–H and O–H groups in total. The van der Waals surface area contributed by atoms with E-state index in [2.05, 4.69) is 9.97 Å². The maximum atomic E-state index is 11.3. The third-order valence-corrected chi connectivity index (χ3v) is 4.45. The second-order valence-corrected chi connectivity index (χ2v) is 6.38. The minimum Gasteiger partial charge on any atom is -0.369 e. The average molecular weight is 266 g/mol. The maximum absolute atomic E-state index is 11.3. The Hall–Kier alpha value is -1.43. The number of imidazole rings is 1. The normalized spacial score (nSPS) is 14.8. The van der Waals surface area contributed by atoms with Crippen LogP contribution < -0.4 is 5.73 Å². The van der Waals surface area contributed by atoms with Crippen molar-refractivity contribution in [2.75, 3.05) is 12.0 Å². The number of pyridine rings is 1. The van der Waals surface area contributed by atoms with Crippen molar-refractivity contribution in [1.29, 1.82) is 0 Å². The molecular weight excluding hydrogens is 248 g/mol. The fraction of sp³-hybridized carbons (Fsp3) is 0.500. The lowest BCUT2D eigenvalue weighted by Crippen LogP contribution is -2.14. The van der Waals surface area contributed by atoms with E-state index in [1.807, 2.05) is 24.5 Å². The predicted molar refractivity (Wildman–Crippen MR) is 74.8 cm³/mol. The fourth-order valence-corrected chi connectivity index (χ4v) is 2.26. The highest BCUT2D eigenvalue weighted by Crippen LogP contribution is 2.17. The zero-order valence-electron chi connectivity index (χ0n) is 10.9. The number of aromatic nitrogens is 3. The van der Waals surface area contributed by atoms with Gasteiger partial charge < -0.3 is 5.73 Å². The van der Waals surface area contributed by atoms with Crippen molar-refractivity contribution in [2.45, 2.75) is 32.1 Å². The van der Waals surface area contributed by atoms with Gasteiger partial charge in [0.15, 0.2) is 5.65 Å². The van der Waals surface area contributed by atoms with Crippen molar-refractivity contribution < 1.29 is 4.21 Å². The molecule has 2 unspecified atom stereocenters. The number of hydrogen-bond acceptors (Lipinski definition) is 4. The molecular formula is C12H18N4OS. The van der Waals surface area contributed by atoms with Gasteiger partial charge in [-0.15, -0.1) is 0 Å². The van der Waals surface area contributed by atoms with Crippen LogP contribution >= 0.6 is 0 Å². The van der Waals surface area contributed by atoms with Gasteiger partial charge in [-0.25, -0.2) is 9.97 Å². The number of rotatable bonds is 4. The van der Waals surface area contributed by atoms with E-state index in [0.29, 0.717) is 12.5 Å². The van der Waals surface area contributed by atoms with Crippen molar-refractivity contribution in [1.82, 2.24) is 14.5 Å². The summed E-state index contributed by atoms with van der Waals surface area (Å²) in [5.41, 5.74) is 8.58. The third-order valence-electron chi connectivity index (χ3n) is 3.08. The van der Waals surface area contributed by atoms with Crippen LogP contribution in [0.1, 0.15) is 18.9 Å². The molecule has 2 atom stereocenters. The lowest BCUT2D eigenvalue weighted by Gasteiger charge is -2.10. The summed E-state index contributed by atoms with van der Waals surface area (Å²) in [6.07, 6.45) is 4.33. The number of anilines is 1. The van der Waals surface area contributed by atoms with E-state index in [1.54, 1.807) is 12.5 Å². The van der Waals surface area contributed by atoms with Gasteiger partial charge in [0.1, 0.15) is 5.52 Å². The van der Waals surface area contributed by atoms with Gasteiger partial charge in [0.05, 0.1) is 0 Å². The average Bonchev–Trinajstić information content (AvgIpc) is 2.60. The van der Waals surface area contributed by atoms with Crippen LogP contribution in [0.5, 0.6) is 0 Å². The highest BCUT2D eigenvalue weighted by molar-refractivity contribution is 7.84. The summed E-state index contributed by atoms with van der Waals surface area (Å²) in [4.78, 5) is 8.67. The molecule has 0 aliphatic carbocycles. The minimum absolute atomic E-state index is 0.146. The lowest BCUT2D eigenvalue weighted by molar-refractivity contribution is 0.631. The number of hydrogen-bond donors (Lipinski definition) is 1. The molecule has 5 nitrogen and oxygen atoms in total. The molecule has 0 aromatic carbocycles. The lowest BCUT2D eigenvalue weighted by atomic mass is 10.3. The molecule has 2 heterocycles. The fourth-order valence-electron chi connectivity index (χ4n) is 1.83. The van der Waals surface area contributed by atoms with E-state index in [9.17, 15) is 4.21 Å². The van der Waals surface area contributed by atoms with Gasteiger partial charge in [0.25, 0.3) is 0 Å². The van der Waals surface area contributed by atoms with Crippen LogP contribution in [-0.4, -0.2) is 30.2 Å². The van der Waals surface area contributed by atoms with Crippen LogP contribution in [0.15, 0.2) is 12.3 Å². The quantitative estimate of drug-likeness (QED) is 0.909. The summed E-state index contributed by atoms with van der Waals surface area (Å²) in [6.45, 7) is 4.64. The molecule has 0 aliphatic rings. The molecule has 6 heteroatoms. The van der Waals surface area contributed by atoms with Gasteiger partial charge in [-0.3, -0.25) is 8.78 Å². The molecule has 0 aliphatic heterocycles. The van der Waals surface area contributed by atoms with Crippen molar-refractivity contribution in [3.63, 3.8) is 0 Å². The van der Waals surface area contributed by atoms with Crippen molar-refractivity contribution >= 4 is 27.9 Å². The second kappa shape index (κ2) is 5.06. The number of nitrogens with zero attached hydrogens (tertiary/aromatic N) is 3. The first kappa shape index (κ1) is 13.0. The number of nitrogen functional groups attached to an aromatic ring is 1. The summed E-state index contributed by atoms with van der Waals surface area (Å²) in [5, 5.41) is 0.146. The van der Waals surface area contributed by atoms with Gasteiger partial charge in [-0.05, 0) is 25.0 Å². The van der Waals surface area contributed by atoms with Crippen molar-refractivity contribution in [3.8, 4) is 0 Å². The molecule has 2 rings (SSSR count). The molecule has 98 valence electrons. The van der Waals surface area contributed by atoms with E-state index in [1.165, 1.54) is 0 Å². The van der Waals surface area contributed by atoms with Gasteiger partial charge in [0.2, 0.25) is 5.95 Å². The molecule has 0 saturated carbocycles. The topological polar surface area (TPSA) is 73.8 Å². The Morgan fingerprint density at radius 2 is 2.28 bits per heavy atom. The Balaban J connectivity index is 2.27. The largest absolute Gasteiger partial charge is 0.369 e. The standard InChI is InChI=1S/C12H18N4OS/c1-8-6-10-11(14-7-8)16(12(13)15-10)5-4-9(2)18(3)17/h6-7,9H,4-5H2,1-3H3,(H2,13,15). The van der Waals surface area contributed by atoms with Crippen LogP contribution in [0.4, 0.5) is 5.95 Å². The van der Waals surface area contributed by atoms with E-state index >= 15 is 0 Å². The van der Waals surface area contributed by atoms with Crippen LogP contribution in [0.25, 0.3) is 11.2 Å². The summed E-state index contributed by atoms with van der Waals surface area (Å²) in [7, 11) is -0.811. The summed E-state index contributed by atoms with van der Waals surface area (Å²) in [6, 6.07) is 1.97. The van der Waals surface area contributed by atoms with Gasteiger partial charge >= 0.3 is 0 Å². The van der Waals surface area contributed by atoms with Gasteiger partial charge in [0, 0.05) is 35.0 Å². The van der Waals surface area contributed by atoms with Gasteiger partial charge in [-0.1, -0.05) is 6.92 Å². The van der Waals surface area contributed by atoms with Crippen LogP contribution in [0.2, 0.25) is 0 Å². The monoisotopic (exact) mass is 266 g/mol. The molecule has 0 fully saturated rings. The Bertz CT molecular complexity index is 593. The summed E-state index contributed by atoms with van der Waals surface area (Å²) in [5.74, 6) is 0.470. The first-order chi connectivity index (χ1) is 8.49. The van der Waals surface area contributed by atoms with Crippen molar-refractivity contribution in [2.24, 2.45) is 0 Å². The zero-order valence-corrected chi connectivity index (χ0v) is 11.7. The molecule has 0 amide bonds. The second-order valence-electron chi connectivity index (χ2n) is 4.57. The molecule has 2 aromatic rings. The first-order valence-corrected chi connectivity index (χ1v) is 7.51. The Kier molecular flexibility index (Phi) is 3.65. The molecule has 0 bridgehead atoms. The van der Waals surface area contributed by atoms with Crippen LogP contribution in [-0.2, 0) is 17.3 Å². The highest BCUT2D eigenvalue weighted by atomic mass is 32.2. The Labute approximate surface area is 109 Å². The highest BCUT2D eigenvalue weighted by Gasteiger charge is 2.12. The van der Waals surface area contributed by atoms with Crippen molar-refractivity contribution in [3.05, 3.63) is 17.8 Å². The Morgan fingerprint density at radius 3 is 2.94 bits per heavy atom. The molecule has 0 saturated heterocycles. The number of nitrogens with two attached hydrogens (primary N) is 1. The van der Waals surface area contributed by atoms with Gasteiger partial charge in [-0.2, -0.15) is 0 Å². The molecule has 0 radical (unpaired) electrons. The molecule has 2 aromatic heterocycles. The third kappa shape index (κ3) is 2.53. The predicted octanol–water partition coefficient (Wildman–Crippen LogP) is 1.48. The Morgan fingerprint density at radius 1 is 1.56 bits per heavy atom. The zero-order chi connectivity index (χ0) is 13.3. The molecule has 18 heavy (non-hydrogen) atoms. The first-order valence-electron chi connectivity index (χ1n) is 5.89. The molecule has 0 spiro atoms. The van der Waals surface area contributed by atoms with Crippen LogP contribution in [0.3, 0.4) is 0 Å². The van der Waals surface area contributed by atoms with E-state index < -0.39 is 10.8 Å². The smallest absolute Gasteiger partial charge is 0.202 e. The number of fused-ring (bicyclic) bond motifs is 1. The van der Waals surface area contributed by atoms with E-state index in [4.69, 9.17) is 5.73 Å². The SMILES string of the molecule is Cc1cnc2c(c1)nc(N)n2CCC(C)S(C)=O. The van der Waals surface area contributed by atoms with E-state index in [0.717, 1.165) is 23.1 Å². The maximum Gasteiger partial charge on any atom is 0.202 e. The summed E-state index contributed by atoms with van der Waals surface area (Å²) < 4.78 is 13.2.